The minimum atomic E-state index is 0.586. The van der Waals surface area contributed by atoms with Crippen LogP contribution in [-0.4, -0.2) is 25.0 Å². The van der Waals surface area contributed by atoms with Crippen molar-refractivity contribution in [2.24, 2.45) is 7.05 Å². The van der Waals surface area contributed by atoms with Gasteiger partial charge in [0.15, 0.2) is 0 Å². The number of aryl methyl sites for hydroxylation is 4. The number of hydrogen-bond acceptors (Lipinski definition) is 2. The third-order valence-electron chi connectivity index (χ3n) is 3.59. The van der Waals surface area contributed by atoms with Gasteiger partial charge >= 0.3 is 0 Å². The molecule has 4 nitrogen and oxygen atoms in total. The van der Waals surface area contributed by atoms with Crippen LogP contribution in [0.25, 0.3) is 11.0 Å². The van der Waals surface area contributed by atoms with Gasteiger partial charge in [0.1, 0.15) is 11.6 Å². The van der Waals surface area contributed by atoms with E-state index in [1.165, 1.54) is 9.09 Å². The first-order chi connectivity index (χ1) is 10.2. The number of nitrogens with zero attached hydrogens (tertiary/aromatic N) is 4. The molecule has 0 bridgehead atoms. The minimum absolute atomic E-state index is 0.586. The van der Waals surface area contributed by atoms with Gasteiger partial charge in [0.25, 0.3) is 0 Å². The van der Waals surface area contributed by atoms with E-state index >= 15 is 0 Å². The first kappa shape index (κ1) is 14.8. The molecule has 3 aromatic rings. The van der Waals surface area contributed by atoms with Gasteiger partial charge in [0.2, 0.25) is 0 Å². The van der Waals surface area contributed by atoms with E-state index in [-0.39, 0.29) is 0 Å². The molecule has 0 spiro atoms. The number of aromatic nitrogens is 4. The first-order valence-corrected chi connectivity index (χ1v) is 8.47. The molecule has 110 valence electrons. The highest BCUT2D eigenvalue weighted by atomic mass is 127. The molecule has 0 saturated carbocycles. The zero-order valence-corrected chi connectivity index (χ0v) is 14.7. The fraction of sp³-hybridized carbons (Fsp3) is 0.333. The Morgan fingerprint density at radius 1 is 1.24 bits per heavy atom. The number of halogens is 2. The van der Waals surface area contributed by atoms with Gasteiger partial charge in [-0.25, -0.2) is 9.97 Å². The van der Waals surface area contributed by atoms with Crippen LogP contribution in [0.4, 0.5) is 0 Å². The van der Waals surface area contributed by atoms with Crippen molar-refractivity contribution in [3.63, 3.8) is 0 Å². The number of fused-ring (bicyclic) bond motifs is 1. The van der Waals surface area contributed by atoms with Crippen molar-refractivity contribution in [2.75, 3.05) is 5.88 Å². The van der Waals surface area contributed by atoms with E-state index in [0.29, 0.717) is 5.88 Å². The number of alkyl halides is 1. The Balaban J connectivity index is 1.95. The topological polar surface area (TPSA) is 35.6 Å². The van der Waals surface area contributed by atoms with Crippen molar-refractivity contribution in [3.8, 4) is 0 Å². The molecular weight excluding hydrogens is 399 g/mol. The lowest BCUT2D eigenvalue weighted by atomic mass is 10.3. The molecule has 6 heteroatoms. The molecule has 2 heterocycles. The van der Waals surface area contributed by atoms with Crippen molar-refractivity contribution < 1.29 is 0 Å². The SMILES string of the molecule is Cn1ccnc1CCn1c(CCCl)nc2cc(I)ccc21. The molecule has 0 amide bonds. The average molecular weight is 415 g/mol. The molecule has 0 aliphatic rings. The van der Waals surface area contributed by atoms with Crippen LogP contribution in [0.2, 0.25) is 0 Å². The van der Waals surface area contributed by atoms with Crippen molar-refractivity contribution in [2.45, 2.75) is 19.4 Å². The van der Waals surface area contributed by atoms with Crippen LogP contribution in [-0.2, 0) is 26.4 Å². The molecular formula is C15H16ClIN4. The maximum atomic E-state index is 5.92. The van der Waals surface area contributed by atoms with Gasteiger partial charge in [0, 0.05) is 48.3 Å². The Bertz CT molecular complexity index is 762. The Morgan fingerprint density at radius 2 is 2.10 bits per heavy atom. The second kappa shape index (κ2) is 6.36. The summed E-state index contributed by atoms with van der Waals surface area (Å²) in [7, 11) is 2.02. The monoisotopic (exact) mass is 414 g/mol. The molecule has 0 atom stereocenters. The smallest absolute Gasteiger partial charge is 0.111 e. The Morgan fingerprint density at radius 3 is 2.81 bits per heavy atom. The van der Waals surface area contributed by atoms with E-state index in [1.807, 2.05) is 19.4 Å². The lowest BCUT2D eigenvalue weighted by Gasteiger charge is -2.08. The van der Waals surface area contributed by atoms with Crippen LogP contribution >= 0.6 is 34.2 Å². The molecule has 0 aliphatic heterocycles. The lowest BCUT2D eigenvalue weighted by Crippen LogP contribution is -2.09. The molecule has 0 saturated heterocycles. The summed E-state index contributed by atoms with van der Waals surface area (Å²) in [5.41, 5.74) is 2.21. The summed E-state index contributed by atoms with van der Waals surface area (Å²) in [6.45, 7) is 0.869. The van der Waals surface area contributed by atoms with Gasteiger partial charge in [-0.2, -0.15) is 0 Å². The Labute approximate surface area is 142 Å². The van der Waals surface area contributed by atoms with E-state index in [0.717, 1.165) is 36.6 Å². The van der Waals surface area contributed by atoms with E-state index in [2.05, 4.69) is 54.9 Å². The summed E-state index contributed by atoms with van der Waals surface area (Å²) < 4.78 is 5.53. The molecule has 2 aromatic heterocycles. The van der Waals surface area contributed by atoms with Gasteiger partial charge in [-0.15, -0.1) is 11.6 Å². The molecule has 3 rings (SSSR count). The molecule has 1 aromatic carbocycles. The number of imidazole rings is 2. The molecule has 0 fully saturated rings. The van der Waals surface area contributed by atoms with Gasteiger partial charge in [-0.3, -0.25) is 0 Å². The predicted octanol–water partition coefficient (Wildman–Crippen LogP) is 3.40. The van der Waals surface area contributed by atoms with Crippen LogP contribution in [0.15, 0.2) is 30.6 Å². The highest BCUT2D eigenvalue weighted by Gasteiger charge is 2.11. The summed E-state index contributed by atoms with van der Waals surface area (Å²) in [6.07, 6.45) is 5.48. The maximum Gasteiger partial charge on any atom is 0.111 e. The predicted molar refractivity (Wildman–Crippen MR) is 93.8 cm³/mol. The van der Waals surface area contributed by atoms with Gasteiger partial charge in [-0.05, 0) is 40.8 Å². The highest BCUT2D eigenvalue weighted by molar-refractivity contribution is 14.1. The fourth-order valence-corrected chi connectivity index (χ4v) is 3.17. The standard InChI is InChI=1S/C15H16ClIN4/c1-20-9-7-18-14(20)5-8-21-13-3-2-11(17)10-12(13)19-15(21)4-6-16/h2-3,7,9-10H,4-6,8H2,1H3. The summed E-state index contributed by atoms with van der Waals surface area (Å²) in [5.74, 6) is 2.72. The van der Waals surface area contributed by atoms with Crippen LogP contribution in [0.1, 0.15) is 11.6 Å². The van der Waals surface area contributed by atoms with Gasteiger partial charge < -0.3 is 9.13 Å². The van der Waals surface area contributed by atoms with Crippen LogP contribution in [0.5, 0.6) is 0 Å². The fourth-order valence-electron chi connectivity index (χ4n) is 2.53. The van der Waals surface area contributed by atoms with Crippen molar-refractivity contribution in [1.82, 2.24) is 19.1 Å². The average Bonchev–Trinajstić information content (AvgIpc) is 3.00. The molecule has 0 unspecified atom stereocenters. The minimum Gasteiger partial charge on any atom is -0.338 e. The van der Waals surface area contributed by atoms with E-state index < -0.39 is 0 Å². The maximum absolute atomic E-state index is 5.92. The van der Waals surface area contributed by atoms with Crippen molar-refractivity contribution >= 4 is 45.2 Å². The third kappa shape index (κ3) is 3.08. The van der Waals surface area contributed by atoms with E-state index in [1.54, 1.807) is 0 Å². The summed E-state index contributed by atoms with van der Waals surface area (Å²) >= 11 is 8.24. The number of benzene rings is 1. The van der Waals surface area contributed by atoms with Crippen LogP contribution in [0.3, 0.4) is 0 Å². The number of rotatable bonds is 5. The quantitative estimate of drug-likeness (QED) is 0.474. The summed E-state index contributed by atoms with van der Waals surface area (Å²) in [6, 6.07) is 6.37. The normalized spacial score (nSPS) is 11.4. The number of hydrogen-bond donors (Lipinski definition) is 0. The molecule has 21 heavy (non-hydrogen) atoms. The second-order valence-electron chi connectivity index (χ2n) is 4.96. The lowest BCUT2D eigenvalue weighted by molar-refractivity contribution is 0.638. The molecule has 0 aliphatic carbocycles. The van der Waals surface area contributed by atoms with Crippen LogP contribution < -0.4 is 0 Å². The Hall–Kier alpha value is -1.08. The van der Waals surface area contributed by atoms with Crippen molar-refractivity contribution in [1.29, 1.82) is 0 Å². The summed E-state index contributed by atoms with van der Waals surface area (Å²) in [4.78, 5) is 9.12. The van der Waals surface area contributed by atoms with Crippen molar-refractivity contribution in [3.05, 3.63) is 45.8 Å². The molecule has 0 radical (unpaired) electrons. The van der Waals surface area contributed by atoms with Gasteiger partial charge in [-0.1, -0.05) is 0 Å². The third-order valence-corrected chi connectivity index (χ3v) is 4.45. The largest absolute Gasteiger partial charge is 0.338 e. The van der Waals surface area contributed by atoms with Gasteiger partial charge in [0.05, 0.1) is 11.0 Å². The molecule has 0 N–H and O–H groups in total. The first-order valence-electron chi connectivity index (χ1n) is 6.86. The highest BCUT2D eigenvalue weighted by Crippen LogP contribution is 2.20. The van der Waals surface area contributed by atoms with E-state index in [9.17, 15) is 0 Å². The Kier molecular flexibility index (Phi) is 4.49. The second-order valence-corrected chi connectivity index (χ2v) is 6.58. The van der Waals surface area contributed by atoms with Crippen LogP contribution in [0, 0.1) is 3.57 Å². The zero-order valence-electron chi connectivity index (χ0n) is 11.8. The summed E-state index contributed by atoms with van der Waals surface area (Å²) in [5, 5.41) is 0. The van der Waals surface area contributed by atoms with E-state index in [4.69, 9.17) is 16.6 Å². The zero-order chi connectivity index (χ0) is 14.8.